The molecule has 0 spiro atoms. The third-order valence-electron chi connectivity index (χ3n) is 6.75. The van der Waals surface area contributed by atoms with Crippen LogP contribution >= 0.6 is 11.8 Å². The van der Waals surface area contributed by atoms with Crippen LogP contribution < -0.4 is 10.2 Å². The van der Waals surface area contributed by atoms with E-state index in [1.54, 1.807) is 12.1 Å². The topological polar surface area (TPSA) is 69.7 Å². The van der Waals surface area contributed by atoms with Gasteiger partial charge in [0.15, 0.2) is 0 Å². The van der Waals surface area contributed by atoms with E-state index in [-0.39, 0.29) is 12.1 Å². The molecule has 1 saturated heterocycles. The Morgan fingerprint density at radius 3 is 2.66 bits per heavy atom. The summed E-state index contributed by atoms with van der Waals surface area (Å²) in [6.45, 7) is 11.6. The second-order valence-electron chi connectivity index (χ2n) is 10.0. The molecule has 1 unspecified atom stereocenters. The molecule has 2 aliphatic heterocycles. The van der Waals surface area contributed by atoms with E-state index < -0.39 is 17.1 Å². The van der Waals surface area contributed by atoms with E-state index in [4.69, 9.17) is 0 Å². The number of imide groups is 1. The van der Waals surface area contributed by atoms with Crippen LogP contribution in [0.5, 0.6) is 0 Å². The Balaban J connectivity index is 1.52. The first-order valence-corrected chi connectivity index (χ1v) is 12.9. The van der Waals surface area contributed by atoms with Crippen LogP contribution in [-0.4, -0.2) is 40.6 Å². The second kappa shape index (κ2) is 9.90. The Bertz CT molecular complexity index is 1200. The molecule has 1 N–H and O–H groups in total. The standard InChI is InChI=1S/C28H33N3O3S/c1-6-13-31-23-12-11-20(14-21(23)19(3)16-28(31,4)5)15-24-26(33)30(27(34)35-24)17-25(32)29-22-10-8-7-9-18(22)2/h7-12,14-15,19H,6,13,16-17H2,1-5H3,(H,29,32)/b24-15+. The Labute approximate surface area is 211 Å². The first-order valence-electron chi connectivity index (χ1n) is 12.1. The van der Waals surface area contributed by atoms with Gasteiger partial charge in [-0.15, -0.1) is 0 Å². The van der Waals surface area contributed by atoms with Gasteiger partial charge in [0.05, 0.1) is 4.91 Å². The van der Waals surface area contributed by atoms with Crippen molar-refractivity contribution in [1.29, 1.82) is 0 Å². The lowest BCUT2D eigenvalue weighted by atomic mass is 9.79. The fourth-order valence-corrected chi connectivity index (χ4v) is 5.92. The quantitative estimate of drug-likeness (QED) is 0.489. The van der Waals surface area contributed by atoms with Crippen LogP contribution in [0.15, 0.2) is 47.4 Å². The van der Waals surface area contributed by atoms with E-state index in [2.05, 4.69) is 50.0 Å². The van der Waals surface area contributed by atoms with Crippen molar-refractivity contribution in [2.24, 2.45) is 0 Å². The maximum absolute atomic E-state index is 13.0. The number of hydrogen-bond acceptors (Lipinski definition) is 5. The Morgan fingerprint density at radius 2 is 1.94 bits per heavy atom. The average Bonchev–Trinajstić information content (AvgIpc) is 3.05. The van der Waals surface area contributed by atoms with Gasteiger partial charge in [-0.2, -0.15) is 0 Å². The molecule has 2 aliphatic rings. The molecule has 0 aliphatic carbocycles. The minimum Gasteiger partial charge on any atom is -0.366 e. The molecule has 1 atom stereocenters. The number of carbonyl (C=O) groups excluding carboxylic acids is 3. The summed E-state index contributed by atoms with van der Waals surface area (Å²) < 4.78 is 0. The van der Waals surface area contributed by atoms with Gasteiger partial charge >= 0.3 is 0 Å². The van der Waals surface area contributed by atoms with Gasteiger partial charge in [0.2, 0.25) is 5.91 Å². The maximum atomic E-state index is 13.0. The molecule has 0 bridgehead atoms. The normalized spacial score (nSPS) is 20.4. The highest BCUT2D eigenvalue weighted by Crippen LogP contribution is 2.44. The third-order valence-corrected chi connectivity index (χ3v) is 7.66. The van der Waals surface area contributed by atoms with Crippen molar-refractivity contribution >= 4 is 46.3 Å². The number of nitrogens with zero attached hydrogens (tertiary/aromatic N) is 2. The summed E-state index contributed by atoms with van der Waals surface area (Å²) in [4.78, 5) is 41.9. The van der Waals surface area contributed by atoms with Crippen LogP contribution in [0.4, 0.5) is 16.2 Å². The van der Waals surface area contributed by atoms with Gasteiger partial charge in [0.25, 0.3) is 11.1 Å². The predicted octanol–water partition coefficient (Wildman–Crippen LogP) is 6.17. The van der Waals surface area contributed by atoms with Gasteiger partial charge in [0, 0.05) is 23.5 Å². The van der Waals surface area contributed by atoms with Gasteiger partial charge in [-0.25, -0.2) is 0 Å². The van der Waals surface area contributed by atoms with Crippen LogP contribution in [-0.2, 0) is 9.59 Å². The number of anilines is 2. The summed E-state index contributed by atoms with van der Waals surface area (Å²) in [6.07, 6.45) is 3.89. The number of rotatable bonds is 6. The zero-order valence-corrected chi connectivity index (χ0v) is 21.9. The summed E-state index contributed by atoms with van der Waals surface area (Å²) in [5.74, 6) is -0.440. The molecule has 7 heteroatoms. The lowest BCUT2D eigenvalue weighted by molar-refractivity contribution is -0.127. The number of thioether (sulfide) groups is 1. The molecule has 2 aromatic carbocycles. The monoisotopic (exact) mass is 491 g/mol. The van der Waals surface area contributed by atoms with Crippen LogP contribution in [0.25, 0.3) is 6.08 Å². The van der Waals surface area contributed by atoms with Gasteiger partial charge < -0.3 is 10.2 Å². The van der Waals surface area contributed by atoms with Crippen molar-refractivity contribution in [3.05, 3.63) is 64.1 Å². The number of nitrogens with one attached hydrogen (secondary N) is 1. The highest BCUT2D eigenvalue weighted by molar-refractivity contribution is 8.18. The van der Waals surface area contributed by atoms with E-state index >= 15 is 0 Å². The highest BCUT2D eigenvalue weighted by atomic mass is 32.2. The van der Waals surface area contributed by atoms with Crippen LogP contribution in [0.1, 0.15) is 63.1 Å². The summed E-state index contributed by atoms with van der Waals surface area (Å²) in [5, 5.41) is 2.36. The smallest absolute Gasteiger partial charge is 0.294 e. The first kappa shape index (κ1) is 25.0. The fraction of sp³-hybridized carbons (Fsp3) is 0.393. The van der Waals surface area contributed by atoms with Crippen molar-refractivity contribution < 1.29 is 14.4 Å². The molecule has 2 aromatic rings. The molecule has 0 radical (unpaired) electrons. The van der Waals surface area contributed by atoms with Gasteiger partial charge in [-0.05, 0) is 92.3 Å². The van der Waals surface area contributed by atoms with Crippen molar-refractivity contribution in [3.63, 3.8) is 0 Å². The molecule has 184 valence electrons. The zero-order chi connectivity index (χ0) is 25.3. The fourth-order valence-electron chi connectivity index (χ4n) is 5.08. The van der Waals surface area contributed by atoms with Crippen LogP contribution in [0.2, 0.25) is 0 Å². The predicted molar refractivity (Wildman–Crippen MR) is 144 cm³/mol. The first-order chi connectivity index (χ1) is 16.6. The minimum atomic E-state index is -0.431. The molecular weight excluding hydrogens is 458 g/mol. The number of amides is 3. The van der Waals surface area contributed by atoms with Crippen LogP contribution in [0.3, 0.4) is 0 Å². The van der Waals surface area contributed by atoms with Crippen molar-refractivity contribution in [1.82, 2.24) is 4.90 Å². The second-order valence-corrected chi connectivity index (χ2v) is 11.0. The van der Waals surface area contributed by atoms with Crippen molar-refractivity contribution in [2.75, 3.05) is 23.3 Å². The molecule has 4 rings (SSSR count). The molecule has 0 saturated carbocycles. The number of fused-ring (bicyclic) bond motifs is 1. The molecule has 35 heavy (non-hydrogen) atoms. The number of benzene rings is 2. The SMILES string of the molecule is CCCN1c2ccc(/C=C3/SC(=O)N(CC(=O)Nc4ccccc4C)C3=O)cc2C(C)CC1(C)C. The maximum Gasteiger partial charge on any atom is 0.294 e. The summed E-state index contributed by atoms with van der Waals surface area (Å²) >= 11 is 0.883. The van der Waals surface area contributed by atoms with Gasteiger partial charge in [0.1, 0.15) is 6.54 Å². The number of para-hydroxylation sites is 1. The number of hydrogen-bond donors (Lipinski definition) is 1. The largest absolute Gasteiger partial charge is 0.366 e. The summed E-state index contributed by atoms with van der Waals surface area (Å²) in [6, 6.07) is 13.7. The van der Waals surface area contributed by atoms with E-state index in [9.17, 15) is 14.4 Å². The third kappa shape index (κ3) is 5.15. The Hall–Kier alpha value is -3.06. The van der Waals surface area contributed by atoms with E-state index in [1.807, 2.05) is 31.2 Å². The van der Waals surface area contributed by atoms with Gasteiger partial charge in [-0.3, -0.25) is 19.3 Å². The molecule has 1 fully saturated rings. The van der Waals surface area contributed by atoms with E-state index in [0.29, 0.717) is 16.5 Å². The van der Waals surface area contributed by atoms with Crippen LogP contribution in [0, 0.1) is 6.92 Å². The average molecular weight is 492 g/mol. The molecule has 3 amide bonds. The van der Waals surface area contributed by atoms with E-state index in [1.165, 1.54) is 11.3 Å². The van der Waals surface area contributed by atoms with Gasteiger partial charge in [-0.1, -0.05) is 38.1 Å². The zero-order valence-electron chi connectivity index (χ0n) is 21.1. The highest BCUT2D eigenvalue weighted by Gasteiger charge is 2.38. The number of aryl methyl sites for hydroxylation is 1. The lowest BCUT2D eigenvalue weighted by Crippen LogP contribution is -2.48. The number of carbonyl (C=O) groups is 3. The van der Waals surface area contributed by atoms with Crippen molar-refractivity contribution in [2.45, 2.75) is 58.9 Å². The Morgan fingerprint density at radius 1 is 1.20 bits per heavy atom. The lowest BCUT2D eigenvalue weighted by Gasteiger charge is -2.47. The molecule has 2 heterocycles. The van der Waals surface area contributed by atoms with E-state index in [0.717, 1.165) is 47.2 Å². The molecule has 0 aromatic heterocycles. The summed E-state index contributed by atoms with van der Waals surface area (Å²) in [7, 11) is 0. The summed E-state index contributed by atoms with van der Waals surface area (Å²) in [5.41, 5.74) is 5.07. The minimum absolute atomic E-state index is 0.0888. The Kier molecular flexibility index (Phi) is 7.08. The molecule has 6 nitrogen and oxygen atoms in total. The molecular formula is C28H33N3O3S. The van der Waals surface area contributed by atoms with Crippen molar-refractivity contribution in [3.8, 4) is 0 Å².